The maximum atomic E-state index is 12.1. The predicted octanol–water partition coefficient (Wildman–Crippen LogP) is 2.04. The predicted molar refractivity (Wildman–Crippen MR) is 75.6 cm³/mol. The number of carbonyl (C=O) groups excluding carboxylic acids is 1. The van der Waals surface area contributed by atoms with Crippen LogP contribution in [-0.4, -0.2) is 28.6 Å². The van der Waals surface area contributed by atoms with Crippen molar-refractivity contribution in [3.05, 3.63) is 39.4 Å². The van der Waals surface area contributed by atoms with Crippen LogP contribution >= 0.6 is 0 Å². The number of benzene rings is 1. The van der Waals surface area contributed by atoms with Crippen LogP contribution in [0.1, 0.15) is 36.2 Å². The number of rotatable bonds is 6. The number of hydrogen-bond acceptors (Lipinski definition) is 4. The van der Waals surface area contributed by atoms with Crippen molar-refractivity contribution in [2.45, 2.75) is 33.2 Å². The van der Waals surface area contributed by atoms with E-state index in [1.165, 1.54) is 12.1 Å². The van der Waals surface area contributed by atoms with Gasteiger partial charge in [0.25, 0.3) is 11.6 Å². The Morgan fingerprint density at radius 1 is 1.40 bits per heavy atom. The first-order valence-corrected chi connectivity index (χ1v) is 6.51. The van der Waals surface area contributed by atoms with Crippen molar-refractivity contribution in [2.24, 2.45) is 5.92 Å². The lowest BCUT2D eigenvalue weighted by molar-refractivity contribution is -0.384. The van der Waals surface area contributed by atoms with Crippen LogP contribution in [0, 0.1) is 23.0 Å². The van der Waals surface area contributed by atoms with E-state index in [4.69, 9.17) is 0 Å². The molecule has 6 heteroatoms. The van der Waals surface area contributed by atoms with E-state index in [0.717, 1.165) is 0 Å². The van der Waals surface area contributed by atoms with Crippen LogP contribution < -0.4 is 5.32 Å². The van der Waals surface area contributed by atoms with E-state index >= 15 is 0 Å². The molecule has 0 bridgehead atoms. The summed E-state index contributed by atoms with van der Waals surface area (Å²) in [5, 5.41) is 22.7. The smallest absolute Gasteiger partial charge is 0.270 e. The number of amides is 1. The Hall–Kier alpha value is -1.95. The lowest BCUT2D eigenvalue weighted by atomic mass is 10.0. The van der Waals surface area contributed by atoms with Crippen LogP contribution in [0.25, 0.3) is 0 Å². The Labute approximate surface area is 118 Å². The lowest BCUT2D eigenvalue weighted by Gasteiger charge is -2.18. The van der Waals surface area contributed by atoms with Gasteiger partial charge in [-0.25, -0.2) is 0 Å². The average Bonchev–Trinajstić information content (AvgIpc) is 2.36. The van der Waals surface area contributed by atoms with Gasteiger partial charge >= 0.3 is 0 Å². The van der Waals surface area contributed by atoms with Crippen LogP contribution in [0.5, 0.6) is 0 Å². The summed E-state index contributed by atoms with van der Waals surface area (Å²) in [6, 6.07) is 3.90. The summed E-state index contributed by atoms with van der Waals surface area (Å²) in [4.78, 5) is 22.3. The molecule has 1 unspecified atom stereocenters. The maximum Gasteiger partial charge on any atom is 0.270 e. The van der Waals surface area contributed by atoms with Crippen molar-refractivity contribution >= 4 is 11.6 Å². The molecule has 0 aromatic heterocycles. The Kier molecular flexibility index (Phi) is 5.64. The van der Waals surface area contributed by atoms with Crippen molar-refractivity contribution in [3.8, 4) is 0 Å². The summed E-state index contributed by atoms with van der Waals surface area (Å²) < 4.78 is 0. The van der Waals surface area contributed by atoms with Crippen molar-refractivity contribution in [1.29, 1.82) is 0 Å². The van der Waals surface area contributed by atoms with Crippen molar-refractivity contribution in [3.63, 3.8) is 0 Å². The molecule has 1 atom stereocenters. The monoisotopic (exact) mass is 280 g/mol. The molecular formula is C14H20N2O4. The molecule has 1 aromatic rings. The van der Waals surface area contributed by atoms with E-state index in [0.29, 0.717) is 17.9 Å². The zero-order valence-electron chi connectivity index (χ0n) is 11.9. The van der Waals surface area contributed by atoms with Crippen LogP contribution in [0.15, 0.2) is 18.2 Å². The molecule has 110 valence electrons. The quantitative estimate of drug-likeness (QED) is 0.616. The minimum absolute atomic E-state index is 0.112. The van der Waals surface area contributed by atoms with E-state index in [-0.39, 0.29) is 23.9 Å². The highest BCUT2D eigenvalue weighted by Gasteiger charge is 2.17. The van der Waals surface area contributed by atoms with E-state index in [9.17, 15) is 20.0 Å². The van der Waals surface area contributed by atoms with Crippen LogP contribution in [0.4, 0.5) is 5.69 Å². The molecule has 0 radical (unpaired) electrons. The summed E-state index contributed by atoms with van der Waals surface area (Å²) in [6.45, 7) is 5.53. The highest BCUT2D eigenvalue weighted by molar-refractivity contribution is 5.95. The summed E-state index contributed by atoms with van der Waals surface area (Å²) in [7, 11) is 0. The SMILES string of the molecule is Cc1cc(C(=O)NC(CO)CC(C)C)cc([N+](=O)[O-])c1. The van der Waals surface area contributed by atoms with Gasteiger partial charge in [0.05, 0.1) is 17.6 Å². The molecule has 1 aromatic carbocycles. The molecule has 1 amide bonds. The third kappa shape index (κ3) is 4.62. The first-order chi connectivity index (χ1) is 9.33. The Bertz CT molecular complexity index is 500. The second kappa shape index (κ2) is 7.00. The molecule has 0 saturated heterocycles. The van der Waals surface area contributed by atoms with Gasteiger partial charge in [-0.3, -0.25) is 14.9 Å². The molecule has 0 aliphatic heterocycles. The lowest BCUT2D eigenvalue weighted by Crippen LogP contribution is -2.38. The molecule has 0 spiro atoms. The number of carbonyl (C=O) groups is 1. The molecular weight excluding hydrogens is 260 g/mol. The topological polar surface area (TPSA) is 92.5 Å². The first-order valence-electron chi connectivity index (χ1n) is 6.51. The Morgan fingerprint density at radius 3 is 2.55 bits per heavy atom. The van der Waals surface area contributed by atoms with Crippen LogP contribution in [-0.2, 0) is 0 Å². The number of aryl methyl sites for hydroxylation is 1. The molecule has 20 heavy (non-hydrogen) atoms. The second-order valence-electron chi connectivity index (χ2n) is 5.30. The third-order valence-corrected chi connectivity index (χ3v) is 2.85. The Balaban J connectivity index is 2.88. The van der Waals surface area contributed by atoms with Gasteiger partial charge in [0.15, 0.2) is 0 Å². The largest absolute Gasteiger partial charge is 0.394 e. The van der Waals surface area contributed by atoms with Crippen molar-refractivity contribution < 1.29 is 14.8 Å². The van der Waals surface area contributed by atoms with Gasteiger partial charge in [-0.1, -0.05) is 13.8 Å². The number of nitro groups is 1. The van der Waals surface area contributed by atoms with Gasteiger partial charge in [-0.15, -0.1) is 0 Å². The molecule has 0 saturated carbocycles. The van der Waals surface area contributed by atoms with Gasteiger partial charge in [-0.2, -0.15) is 0 Å². The number of non-ortho nitro benzene ring substituents is 1. The van der Waals surface area contributed by atoms with Gasteiger partial charge < -0.3 is 10.4 Å². The van der Waals surface area contributed by atoms with Crippen molar-refractivity contribution in [2.75, 3.05) is 6.61 Å². The van der Waals surface area contributed by atoms with Gasteiger partial charge in [-0.05, 0) is 30.9 Å². The molecule has 0 fully saturated rings. The minimum Gasteiger partial charge on any atom is -0.394 e. The summed E-state index contributed by atoms with van der Waals surface area (Å²) in [5.74, 6) is -0.0733. The first kappa shape index (κ1) is 16.1. The van der Waals surface area contributed by atoms with E-state index < -0.39 is 10.8 Å². The number of hydrogen-bond donors (Lipinski definition) is 2. The van der Waals surface area contributed by atoms with Crippen LogP contribution in [0.3, 0.4) is 0 Å². The fourth-order valence-electron chi connectivity index (χ4n) is 2.02. The fraction of sp³-hybridized carbons (Fsp3) is 0.500. The number of nitrogens with one attached hydrogen (secondary N) is 1. The second-order valence-corrected chi connectivity index (χ2v) is 5.30. The third-order valence-electron chi connectivity index (χ3n) is 2.85. The molecule has 0 aliphatic carbocycles. The molecule has 6 nitrogen and oxygen atoms in total. The minimum atomic E-state index is -0.526. The van der Waals surface area contributed by atoms with E-state index in [1.807, 2.05) is 13.8 Å². The van der Waals surface area contributed by atoms with Crippen LogP contribution in [0.2, 0.25) is 0 Å². The van der Waals surface area contributed by atoms with Gasteiger partial charge in [0.2, 0.25) is 0 Å². The molecule has 0 heterocycles. The fourth-order valence-corrected chi connectivity index (χ4v) is 2.02. The highest BCUT2D eigenvalue weighted by atomic mass is 16.6. The molecule has 2 N–H and O–H groups in total. The molecule has 1 rings (SSSR count). The summed E-state index contributed by atoms with van der Waals surface area (Å²) in [6.07, 6.45) is 0.649. The van der Waals surface area contributed by atoms with E-state index in [1.54, 1.807) is 13.0 Å². The zero-order chi connectivity index (χ0) is 15.3. The normalized spacial score (nSPS) is 12.2. The maximum absolute atomic E-state index is 12.1. The number of aliphatic hydroxyl groups is 1. The average molecular weight is 280 g/mol. The number of nitrogens with zero attached hydrogens (tertiary/aromatic N) is 1. The highest BCUT2D eigenvalue weighted by Crippen LogP contribution is 2.17. The summed E-state index contributed by atoms with van der Waals surface area (Å²) in [5.41, 5.74) is 0.771. The number of aliphatic hydroxyl groups excluding tert-OH is 1. The van der Waals surface area contributed by atoms with Gasteiger partial charge in [0, 0.05) is 17.7 Å². The zero-order valence-corrected chi connectivity index (χ0v) is 11.9. The summed E-state index contributed by atoms with van der Waals surface area (Å²) >= 11 is 0. The standard InChI is InChI=1S/C14H20N2O4/c1-9(2)4-12(8-17)15-14(18)11-5-10(3)6-13(7-11)16(19)20/h5-7,9,12,17H,4,8H2,1-3H3,(H,15,18). The van der Waals surface area contributed by atoms with Gasteiger partial charge in [0.1, 0.15) is 0 Å². The van der Waals surface area contributed by atoms with Crippen molar-refractivity contribution in [1.82, 2.24) is 5.32 Å². The molecule has 0 aliphatic rings. The Morgan fingerprint density at radius 2 is 2.05 bits per heavy atom. The number of nitro benzene ring substituents is 1. The van der Waals surface area contributed by atoms with E-state index in [2.05, 4.69) is 5.32 Å².